The summed E-state index contributed by atoms with van der Waals surface area (Å²) in [7, 11) is 0. The van der Waals surface area contributed by atoms with Crippen LogP contribution in [0.25, 0.3) is 6.08 Å². The van der Waals surface area contributed by atoms with Crippen molar-refractivity contribution < 1.29 is 14.0 Å². The molecule has 0 aliphatic heterocycles. The lowest BCUT2D eigenvalue weighted by atomic mass is 9.96. The van der Waals surface area contributed by atoms with Crippen LogP contribution in [0.2, 0.25) is 0 Å². The molecule has 31 heavy (non-hydrogen) atoms. The first-order chi connectivity index (χ1) is 14.8. The van der Waals surface area contributed by atoms with Crippen LogP contribution in [0.15, 0.2) is 66.1 Å². The van der Waals surface area contributed by atoms with Gasteiger partial charge in [0.1, 0.15) is 5.82 Å². The number of nitrogens with zero attached hydrogens (tertiary/aromatic N) is 2. The smallest absolute Gasteiger partial charge is 0.244 e. The second kappa shape index (κ2) is 10.1. The zero-order valence-electron chi connectivity index (χ0n) is 17.6. The van der Waals surface area contributed by atoms with Crippen molar-refractivity contribution >= 4 is 40.0 Å². The number of anilines is 2. The van der Waals surface area contributed by atoms with Gasteiger partial charge in [-0.15, -0.1) is 11.3 Å². The molecule has 160 valence electrons. The van der Waals surface area contributed by atoms with Crippen LogP contribution in [0, 0.1) is 11.7 Å². The van der Waals surface area contributed by atoms with Crippen molar-refractivity contribution in [2.24, 2.45) is 5.92 Å². The molecule has 0 saturated heterocycles. The number of hydrogen-bond donors (Lipinski definition) is 1. The molecule has 7 heteroatoms. The molecule has 2 aromatic carbocycles. The Kier molecular flexibility index (Phi) is 7.31. The Morgan fingerprint density at radius 1 is 1.10 bits per heavy atom. The fourth-order valence-corrected chi connectivity index (χ4v) is 3.98. The second-order valence-corrected chi connectivity index (χ2v) is 8.20. The molecule has 0 spiro atoms. The summed E-state index contributed by atoms with van der Waals surface area (Å²) in [6.07, 6.45) is 3.03. The fourth-order valence-electron chi connectivity index (χ4n) is 3.13. The van der Waals surface area contributed by atoms with E-state index in [9.17, 15) is 14.0 Å². The maximum absolute atomic E-state index is 13.2. The Balaban J connectivity index is 1.71. The van der Waals surface area contributed by atoms with E-state index in [1.165, 1.54) is 41.4 Å². The molecule has 0 aliphatic rings. The minimum atomic E-state index is -0.313. The van der Waals surface area contributed by atoms with Gasteiger partial charge in [-0.05, 0) is 41.8 Å². The van der Waals surface area contributed by atoms with Crippen LogP contribution < -0.4 is 10.2 Å². The molecule has 0 bridgehead atoms. The van der Waals surface area contributed by atoms with E-state index < -0.39 is 0 Å². The van der Waals surface area contributed by atoms with E-state index in [1.54, 1.807) is 23.6 Å². The summed E-state index contributed by atoms with van der Waals surface area (Å²) in [5, 5.41) is 5.28. The average molecular weight is 438 g/mol. The summed E-state index contributed by atoms with van der Waals surface area (Å²) in [5.41, 5.74) is 2.16. The topological polar surface area (TPSA) is 62.3 Å². The van der Waals surface area contributed by atoms with Crippen LogP contribution in [0.4, 0.5) is 15.2 Å². The van der Waals surface area contributed by atoms with Crippen LogP contribution in [0.5, 0.6) is 0 Å². The molecule has 1 atom stereocenters. The molecule has 3 rings (SSSR count). The van der Waals surface area contributed by atoms with Gasteiger partial charge < -0.3 is 5.32 Å². The Hall–Kier alpha value is -3.32. The number of carbonyl (C=O) groups is 2. The zero-order valence-corrected chi connectivity index (χ0v) is 18.4. The number of aromatic nitrogens is 1. The summed E-state index contributed by atoms with van der Waals surface area (Å²) in [5.74, 6) is -0.604. The Bertz CT molecular complexity index is 1060. The van der Waals surface area contributed by atoms with Crippen molar-refractivity contribution in [2.75, 3.05) is 4.90 Å². The maximum Gasteiger partial charge on any atom is 0.244 e. The van der Waals surface area contributed by atoms with Gasteiger partial charge in [0.25, 0.3) is 0 Å². The van der Waals surface area contributed by atoms with E-state index >= 15 is 0 Å². The van der Waals surface area contributed by atoms with E-state index in [2.05, 4.69) is 10.3 Å². The summed E-state index contributed by atoms with van der Waals surface area (Å²) < 4.78 is 13.2. The Morgan fingerprint density at radius 2 is 1.77 bits per heavy atom. The van der Waals surface area contributed by atoms with E-state index in [-0.39, 0.29) is 29.6 Å². The van der Waals surface area contributed by atoms with Gasteiger partial charge >= 0.3 is 0 Å². The number of nitrogens with one attached hydrogen (secondary N) is 1. The highest BCUT2D eigenvalue weighted by Crippen LogP contribution is 2.29. The molecular formula is C24H24FN3O2S. The van der Waals surface area contributed by atoms with Crippen molar-refractivity contribution in [3.8, 4) is 0 Å². The van der Waals surface area contributed by atoms with E-state index in [0.717, 1.165) is 11.3 Å². The summed E-state index contributed by atoms with van der Waals surface area (Å²) in [4.78, 5) is 30.6. The SMILES string of the molecule is CC(=O)N(c1ccccc1)c1nc(/C=C/C(=O)NC(c2ccc(F)cc2)C(C)C)cs1. The number of halogens is 1. The number of para-hydroxylation sites is 1. The summed E-state index contributed by atoms with van der Waals surface area (Å²) in [6.45, 7) is 5.47. The van der Waals surface area contributed by atoms with Crippen LogP contribution in [-0.4, -0.2) is 16.8 Å². The Labute approximate surface area is 185 Å². The molecule has 2 amide bonds. The third-order valence-electron chi connectivity index (χ3n) is 4.63. The zero-order chi connectivity index (χ0) is 22.4. The molecule has 0 saturated carbocycles. The van der Waals surface area contributed by atoms with Gasteiger partial charge in [-0.2, -0.15) is 0 Å². The molecule has 3 aromatic rings. The average Bonchev–Trinajstić information content (AvgIpc) is 3.20. The van der Waals surface area contributed by atoms with Crippen LogP contribution in [0.1, 0.15) is 38.1 Å². The number of hydrogen-bond acceptors (Lipinski definition) is 4. The van der Waals surface area contributed by atoms with Crippen LogP contribution in [-0.2, 0) is 9.59 Å². The lowest BCUT2D eigenvalue weighted by Gasteiger charge is -2.22. The van der Waals surface area contributed by atoms with E-state index in [4.69, 9.17) is 0 Å². The van der Waals surface area contributed by atoms with Crippen LogP contribution >= 0.6 is 11.3 Å². The molecular weight excluding hydrogens is 413 g/mol. The highest BCUT2D eigenvalue weighted by atomic mass is 32.1. The fraction of sp³-hybridized carbons (Fsp3) is 0.208. The van der Waals surface area contributed by atoms with Crippen molar-refractivity contribution in [1.82, 2.24) is 10.3 Å². The molecule has 1 N–H and O–H groups in total. The third-order valence-corrected chi connectivity index (χ3v) is 5.47. The van der Waals surface area contributed by atoms with Gasteiger partial charge in [-0.3, -0.25) is 14.5 Å². The molecule has 0 aliphatic carbocycles. The summed E-state index contributed by atoms with van der Waals surface area (Å²) in [6, 6.07) is 15.2. The maximum atomic E-state index is 13.2. The van der Waals surface area contributed by atoms with Crippen LogP contribution in [0.3, 0.4) is 0 Å². The van der Waals surface area contributed by atoms with Gasteiger partial charge in [0, 0.05) is 18.4 Å². The standard InChI is InChI=1S/C24H24FN3O2S/c1-16(2)23(18-9-11-19(25)12-10-18)27-22(30)14-13-20-15-31-24(26-20)28(17(3)29)21-7-5-4-6-8-21/h4-16,23H,1-3H3,(H,27,30)/b14-13+. The number of rotatable bonds is 7. The lowest BCUT2D eigenvalue weighted by Crippen LogP contribution is -2.30. The van der Waals surface area contributed by atoms with Gasteiger partial charge in [0.05, 0.1) is 17.4 Å². The molecule has 0 fully saturated rings. The minimum Gasteiger partial charge on any atom is -0.345 e. The van der Waals surface area contributed by atoms with E-state index in [0.29, 0.717) is 10.8 Å². The van der Waals surface area contributed by atoms with Gasteiger partial charge in [0.2, 0.25) is 11.8 Å². The number of amides is 2. The Morgan fingerprint density at radius 3 is 2.39 bits per heavy atom. The quantitative estimate of drug-likeness (QED) is 0.497. The van der Waals surface area contributed by atoms with Crippen molar-refractivity contribution in [1.29, 1.82) is 0 Å². The largest absolute Gasteiger partial charge is 0.345 e. The van der Waals surface area contributed by atoms with Gasteiger partial charge in [-0.25, -0.2) is 9.37 Å². The highest BCUT2D eigenvalue weighted by molar-refractivity contribution is 7.14. The highest BCUT2D eigenvalue weighted by Gasteiger charge is 2.19. The monoisotopic (exact) mass is 437 g/mol. The molecule has 1 heterocycles. The first-order valence-electron chi connectivity index (χ1n) is 9.90. The van der Waals surface area contributed by atoms with Gasteiger partial charge in [-0.1, -0.05) is 44.2 Å². The molecule has 5 nitrogen and oxygen atoms in total. The normalized spacial score (nSPS) is 12.2. The molecule has 1 unspecified atom stereocenters. The van der Waals surface area contributed by atoms with Gasteiger partial charge in [0.15, 0.2) is 5.13 Å². The summed E-state index contributed by atoms with van der Waals surface area (Å²) >= 11 is 1.32. The van der Waals surface area contributed by atoms with Crippen molar-refractivity contribution in [3.63, 3.8) is 0 Å². The number of benzene rings is 2. The third kappa shape index (κ3) is 5.86. The second-order valence-electron chi connectivity index (χ2n) is 7.36. The molecule has 0 radical (unpaired) electrons. The first-order valence-corrected chi connectivity index (χ1v) is 10.8. The van der Waals surface area contributed by atoms with Crippen molar-refractivity contribution in [3.05, 3.63) is 83.1 Å². The van der Waals surface area contributed by atoms with E-state index in [1.807, 2.05) is 44.2 Å². The minimum absolute atomic E-state index is 0.128. The predicted octanol–water partition coefficient (Wildman–Crippen LogP) is 5.49. The predicted molar refractivity (Wildman–Crippen MR) is 123 cm³/mol. The lowest BCUT2D eigenvalue weighted by molar-refractivity contribution is -0.117. The molecule has 1 aromatic heterocycles. The number of thiazole rings is 1. The van der Waals surface area contributed by atoms with Crippen molar-refractivity contribution in [2.45, 2.75) is 26.8 Å². The first kappa shape index (κ1) is 22.4. The number of carbonyl (C=O) groups excluding carboxylic acids is 2.